The predicted molar refractivity (Wildman–Crippen MR) is 116 cm³/mol. The summed E-state index contributed by atoms with van der Waals surface area (Å²) in [5.74, 6) is -0.515. The van der Waals surface area contributed by atoms with E-state index in [0.29, 0.717) is 0 Å². The van der Waals surface area contributed by atoms with Crippen molar-refractivity contribution in [2.45, 2.75) is 19.8 Å². The van der Waals surface area contributed by atoms with E-state index in [1.165, 1.54) is 0 Å². The molecular weight excluding hydrogens is 332 g/mol. The molecule has 0 aliphatic heterocycles. The fraction of sp³-hybridized carbons (Fsp3) is 0.160. The Morgan fingerprint density at radius 2 is 1.89 bits per heavy atom. The minimum Gasteiger partial charge on any atom is -0.481 e. The maximum Gasteiger partial charge on any atom is 0.307 e. The van der Waals surface area contributed by atoms with Crippen molar-refractivity contribution in [3.8, 4) is 0 Å². The Morgan fingerprint density at radius 3 is 2.52 bits per heavy atom. The molecule has 0 radical (unpaired) electrons. The van der Waals surface area contributed by atoms with E-state index in [9.17, 15) is 4.79 Å². The van der Waals surface area contributed by atoms with Gasteiger partial charge in [0.15, 0.2) is 0 Å². The predicted octanol–water partition coefficient (Wildman–Crippen LogP) is 6.43. The van der Waals surface area contributed by atoms with Crippen LogP contribution in [0, 0.1) is 5.92 Å². The summed E-state index contributed by atoms with van der Waals surface area (Å²) in [7, 11) is 0. The van der Waals surface area contributed by atoms with Crippen molar-refractivity contribution >= 4 is 5.97 Å². The summed E-state index contributed by atoms with van der Waals surface area (Å²) in [4.78, 5) is 10.7. The van der Waals surface area contributed by atoms with Gasteiger partial charge in [0.05, 0.1) is 6.42 Å². The van der Waals surface area contributed by atoms with Gasteiger partial charge in [-0.25, -0.2) is 0 Å². The number of hydrogen-bond acceptors (Lipinski definition) is 1. The van der Waals surface area contributed by atoms with Crippen molar-refractivity contribution < 1.29 is 9.90 Å². The van der Waals surface area contributed by atoms with Crippen LogP contribution < -0.4 is 0 Å². The van der Waals surface area contributed by atoms with E-state index in [2.05, 4.69) is 25.3 Å². The molecule has 0 saturated heterocycles. The molecule has 0 heterocycles. The SMILES string of the molecule is C=C/C=C(\C=C\C=C\C=C\C=C(\C)C=C)/C=C/C1C=CC(CC(=O)O)=CC1. The molecule has 1 rings (SSSR count). The fourth-order valence-corrected chi connectivity index (χ4v) is 2.30. The van der Waals surface area contributed by atoms with E-state index in [-0.39, 0.29) is 12.3 Å². The molecule has 1 aliphatic carbocycles. The summed E-state index contributed by atoms with van der Waals surface area (Å²) in [6, 6.07) is 0. The van der Waals surface area contributed by atoms with E-state index in [1.807, 2.05) is 79.8 Å². The van der Waals surface area contributed by atoms with Gasteiger partial charge in [-0.2, -0.15) is 0 Å². The molecule has 1 unspecified atom stereocenters. The molecule has 2 nitrogen and oxygen atoms in total. The van der Waals surface area contributed by atoms with Crippen molar-refractivity contribution in [1.29, 1.82) is 0 Å². The Morgan fingerprint density at radius 1 is 1.15 bits per heavy atom. The van der Waals surface area contributed by atoms with Gasteiger partial charge in [-0.1, -0.05) is 110 Å². The summed E-state index contributed by atoms with van der Waals surface area (Å²) in [5.41, 5.74) is 3.04. The molecule has 0 aromatic rings. The van der Waals surface area contributed by atoms with Crippen molar-refractivity contribution in [2.24, 2.45) is 5.92 Å². The van der Waals surface area contributed by atoms with Gasteiger partial charge in [-0.15, -0.1) is 0 Å². The third-order valence-corrected chi connectivity index (χ3v) is 3.83. The van der Waals surface area contributed by atoms with Crippen molar-refractivity contribution in [2.75, 3.05) is 0 Å². The number of aliphatic carboxylic acids is 1. The van der Waals surface area contributed by atoms with E-state index in [4.69, 9.17) is 5.11 Å². The van der Waals surface area contributed by atoms with Crippen LogP contribution in [0.2, 0.25) is 0 Å². The van der Waals surface area contributed by atoms with Gasteiger partial charge in [-0.05, 0) is 30.4 Å². The van der Waals surface area contributed by atoms with Gasteiger partial charge in [-0.3, -0.25) is 4.79 Å². The number of hydrogen-bond donors (Lipinski definition) is 1. The summed E-state index contributed by atoms with van der Waals surface area (Å²) >= 11 is 0. The zero-order valence-electron chi connectivity index (χ0n) is 15.9. The molecule has 1 atom stereocenters. The van der Waals surface area contributed by atoms with E-state index in [1.54, 1.807) is 6.08 Å². The zero-order chi connectivity index (χ0) is 19.9. The maximum absolute atomic E-state index is 10.7. The highest BCUT2D eigenvalue weighted by molar-refractivity contribution is 5.71. The minimum atomic E-state index is -0.795. The molecule has 1 N–H and O–H groups in total. The Kier molecular flexibility index (Phi) is 10.7. The summed E-state index contributed by atoms with van der Waals surface area (Å²) < 4.78 is 0. The fourth-order valence-electron chi connectivity index (χ4n) is 2.30. The second-order valence-electron chi connectivity index (χ2n) is 6.11. The van der Waals surface area contributed by atoms with E-state index >= 15 is 0 Å². The molecule has 0 saturated carbocycles. The maximum atomic E-state index is 10.7. The van der Waals surface area contributed by atoms with Crippen molar-refractivity contribution in [1.82, 2.24) is 0 Å². The lowest BCUT2D eigenvalue weighted by Crippen LogP contribution is -2.01. The first-order valence-corrected chi connectivity index (χ1v) is 8.96. The first kappa shape index (κ1) is 21.9. The van der Waals surface area contributed by atoms with Crippen LogP contribution in [0.25, 0.3) is 0 Å². The molecule has 1 aliphatic rings. The highest BCUT2D eigenvalue weighted by Crippen LogP contribution is 2.20. The summed E-state index contributed by atoms with van der Waals surface area (Å²) in [5, 5.41) is 8.82. The topological polar surface area (TPSA) is 37.3 Å². The average molecular weight is 360 g/mol. The molecule has 0 bridgehead atoms. The molecule has 27 heavy (non-hydrogen) atoms. The van der Waals surface area contributed by atoms with Crippen LogP contribution in [0.1, 0.15) is 19.8 Å². The van der Waals surface area contributed by atoms with Crippen LogP contribution in [0.3, 0.4) is 0 Å². The summed E-state index contributed by atoms with van der Waals surface area (Å²) in [6.07, 6.45) is 30.4. The van der Waals surface area contributed by atoms with Crippen LogP contribution >= 0.6 is 0 Å². The Labute approximate surface area is 163 Å². The molecule has 0 aromatic carbocycles. The standard InChI is InChI=1S/C25H28O2/c1-4-11-22(13-10-8-6-7-9-12-21(3)5-2)14-15-23-16-18-24(19-17-23)20-25(26)27/h4-16,18-19,23H,1-2,17,20H2,3H3,(H,26,27)/b8-6+,9-7+,13-10+,15-14+,21-12-,22-11+. The number of rotatable bonds is 10. The Balaban J connectivity index is 2.59. The highest BCUT2D eigenvalue weighted by Gasteiger charge is 2.08. The smallest absolute Gasteiger partial charge is 0.307 e. The molecule has 140 valence electrons. The van der Waals surface area contributed by atoms with Gasteiger partial charge in [0.2, 0.25) is 0 Å². The molecular formula is C25H28O2. The third kappa shape index (κ3) is 10.5. The van der Waals surface area contributed by atoms with Crippen LogP contribution in [0.5, 0.6) is 0 Å². The quantitative estimate of drug-likeness (QED) is 0.456. The lowest BCUT2D eigenvalue weighted by atomic mass is 9.94. The lowest BCUT2D eigenvalue weighted by molar-refractivity contribution is -0.136. The lowest BCUT2D eigenvalue weighted by Gasteiger charge is -2.11. The number of carboxylic acid groups (broad SMARTS) is 1. The molecule has 0 fully saturated rings. The number of carbonyl (C=O) groups is 1. The van der Waals surface area contributed by atoms with Crippen LogP contribution in [-0.4, -0.2) is 11.1 Å². The third-order valence-electron chi connectivity index (χ3n) is 3.83. The van der Waals surface area contributed by atoms with Crippen molar-refractivity contribution in [3.05, 3.63) is 121 Å². The van der Waals surface area contributed by atoms with Gasteiger partial charge in [0.25, 0.3) is 0 Å². The van der Waals surface area contributed by atoms with E-state index < -0.39 is 5.97 Å². The van der Waals surface area contributed by atoms with Crippen LogP contribution in [-0.2, 0) is 4.79 Å². The van der Waals surface area contributed by atoms with Gasteiger partial charge >= 0.3 is 5.97 Å². The Hall–Kier alpha value is -3.13. The van der Waals surface area contributed by atoms with E-state index in [0.717, 1.165) is 23.1 Å². The number of carboxylic acids is 1. The minimum absolute atomic E-state index is 0.0843. The second kappa shape index (κ2) is 13.1. The normalized spacial score (nSPS) is 18.7. The van der Waals surface area contributed by atoms with Gasteiger partial charge in [0, 0.05) is 0 Å². The second-order valence-corrected chi connectivity index (χ2v) is 6.11. The highest BCUT2D eigenvalue weighted by atomic mass is 16.4. The van der Waals surface area contributed by atoms with Crippen molar-refractivity contribution in [3.63, 3.8) is 0 Å². The van der Waals surface area contributed by atoms with Crippen LogP contribution in [0.4, 0.5) is 0 Å². The molecule has 2 heteroatoms. The molecule has 0 aromatic heterocycles. The van der Waals surface area contributed by atoms with Gasteiger partial charge in [0.1, 0.15) is 0 Å². The molecule has 0 amide bonds. The Bertz CT molecular complexity index is 762. The first-order valence-electron chi connectivity index (χ1n) is 8.96. The zero-order valence-corrected chi connectivity index (χ0v) is 15.9. The van der Waals surface area contributed by atoms with Gasteiger partial charge < -0.3 is 5.11 Å². The monoisotopic (exact) mass is 360 g/mol. The van der Waals surface area contributed by atoms with Crippen LogP contribution in [0.15, 0.2) is 121 Å². The summed E-state index contributed by atoms with van der Waals surface area (Å²) in [6.45, 7) is 9.47. The average Bonchev–Trinajstić information content (AvgIpc) is 2.65. The molecule has 0 spiro atoms. The largest absolute Gasteiger partial charge is 0.481 e. The number of allylic oxidation sites excluding steroid dienone is 17. The first-order chi connectivity index (χ1) is 13.0.